The first-order valence-electron chi connectivity index (χ1n) is 5.97. The number of carbonyl (C=O) groups excluding carboxylic acids is 1. The molecule has 0 saturated carbocycles. The van der Waals surface area contributed by atoms with E-state index in [-0.39, 0.29) is 11.8 Å². The molecule has 2 fully saturated rings. The van der Waals surface area contributed by atoms with Crippen LogP contribution in [0.3, 0.4) is 0 Å². The topological polar surface area (TPSA) is 32.8 Å². The van der Waals surface area contributed by atoms with Gasteiger partial charge in [0.15, 0.2) is 0 Å². The Balaban J connectivity index is 1.85. The Hall–Kier alpha value is -0.320. The van der Waals surface area contributed by atoms with E-state index >= 15 is 0 Å². The van der Waals surface area contributed by atoms with E-state index in [0.717, 1.165) is 52.2 Å². The normalized spacial score (nSPS) is 27.3. The molecule has 0 aliphatic carbocycles. The minimum absolute atomic E-state index is 0.0810. The van der Waals surface area contributed by atoms with Crippen LogP contribution in [0, 0.1) is 0 Å². The fourth-order valence-corrected chi connectivity index (χ4v) is 2.67. The maximum absolute atomic E-state index is 11.6. The molecular weight excluding hydrogens is 228 g/mol. The molecule has 0 spiro atoms. The first-order chi connectivity index (χ1) is 7.81. The summed E-state index contributed by atoms with van der Waals surface area (Å²) in [7, 11) is 0. The lowest BCUT2D eigenvalue weighted by molar-refractivity contribution is -0.129. The molecule has 0 aromatic rings. The zero-order chi connectivity index (χ0) is 11.4. The molecule has 0 aromatic heterocycles. The Kier molecular flexibility index (Phi) is 4.44. The minimum atomic E-state index is 0.0810. The predicted octanol–water partition coefficient (Wildman–Crippen LogP) is 0.548. The number of alkyl halides is 1. The van der Waals surface area contributed by atoms with Gasteiger partial charge in [0.05, 0.1) is 13.2 Å². The van der Waals surface area contributed by atoms with Crippen molar-refractivity contribution in [1.29, 1.82) is 0 Å². The summed E-state index contributed by atoms with van der Waals surface area (Å²) in [5, 5.41) is 0. The minimum Gasteiger partial charge on any atom is -0.379 e. The van der Waals surface area contributed by atoms with Gasteiger partial charge in [0, 0.05) is 32.2 Å². The lowest BCUT2D eigenvalue weighted by Crippen LogP contribution is -2.47. The number of amides is 1. The number of hydrogen-bond donors (Lipinski definition) is 0. The number of hydrogen-bond acceptors (Lipinski definition) is 3. The van der Waals surface area contributed by atoms with Gasteiger partial charge in [-0.25, -0.2) is 0 Å². The van der Waals surface area contributed by atoms with Gasteiger partial charge in [-0.2, -0.15) is 0 Å². The summed E-state index contributed by atoms with van der Waals surface area (Å²) in [6.45, 7) is 5.46. The summed E-state index contributed by atoms with van der Waals surface area (Å²) in [5.74, 6) is 0.192. The predicted molar refractivity (Wildman–Crippen MR) is 62.7 cm³/mol. The standard InChI is InChI=1S/C11H19ClN2O2/c12-8-11(15)14-3-1-2-10(14)9-13-4-6-16-7-5-13/h10H,1-9H2/t10-/m0/s1. The van der Waals surface area contributed by atoms with Crippen molar-refractivity contribution < 1.29 is 9.53 Å². The highest BCUT2D eigenvalue weighted by atomic mass is 35.5. The van der Waals surface area contributed by atoms with Crippen LogP contribution in [0.15, 0.2) is 0 Å². The zero-order valence-corrected chi connectivity index (χ0v) is 10.3. The van der Waals surface area contributed by atoms with Crippen LogP contribution in [-0.2, 0) is 9.53 Å². The molecule has 92 valence electrons. The Morgan fingerprint density at radius 3 is 2.75 bits per heavy atom. The number of morpholine rings is 1. The second kappa shape index (κ2) is 5.84. The van der Waals surface area contributed by atoms with Gasteiger partial charge in [-0.05, 0) is 12.8 Å². The highest BCUT2D eigenvalue weighted by molar-refractivity contribution is 6.27. The van der Waals surface area contributed by atoms with Crippen molar-refractivity contribution in [1.82, 2.24) is 9.80 Å². The molecule has 1 atom stereocenters. The van der Waals surface area contributed by atoms with Gasteiger partial charge < -0.3 is 9.64 Å². The average Bonchev–Trinajstić information content (AvgIpc) is 2.77. The first-order valence-corrected chi connectivity index (χ1v) is 6.50. The molecule has 2 rings (SSSR count). The highest BCUT2D eigenvalue weighted by Gasteiger charge is 2.29. The van der Waals surface area contributed by atoms with Gasteiger partial charge in [-0.1, -0.05) is 0 Å². The summed E-state index contributed by atoms with van der Waals surface area (Å²) in [6.07, 6.45) is 2.22. The fourth-order valence-electron chi connectivity index (χ4n) is 2.51. The summed E-state index contributed by atoms with van der Waals surface area (Å²) in [5.41, 5.74) is 0. The van der Waals surface area contributed by atoms with Crippen molar-refractivity contribution in [3.05, 3.63) is 0 Å². The third-order valence-electron chi connectivity index (χ3n) is 3.38. The van der Waals surface area contributed by atoms with Gasteiger partial charge in [0.25, 0.3) is 0 Å². The van der Waals surface area contributed by atoms with Crippen LogP contribution in [0.4, 0.5) is 0 Å². The third-order valence-corrected chi connectivity index (χ3v) is 3.61. The lowest BCUT2D eigenvalue weighted by Gasteiger charge is -2.32. The summed E-state index contributed by atoms with van der Waals surface area (Å²) >= 11 is 5.62. The van der Waals surface area contributed by atoms with E-state index in [1.807, 2.05) is 4.90 Å². The van der Waals surface area contributed by atoms with Gasteiger partial charge in [0.2, 0.25) is 5.91 Å². The molecule has 2 heterocycles. The molecule has 1 amide bonds. The Bertz CT molecular complexity index is 244. The number of likely N-dealkylation sites (tertiary alicyclic amines) is 1. The van der Waals surface area contributed by atoms with E-state index in [4.69, 9.17) is 16.3 Å². The molecule has 0 unspecified atom stereocenters. The summed E-state index contributed by atoms with van der Waals surface area (Å²) in [4.78, 5) is 15.9. The van der Waals surface area contributed by atoms with Crippen LogP contribution >= 0.6 is 11.6 Å². The lowest BCUT2D eigenvalue weighted by atomic mass is 10.2. The van der Waals surface area contributed by atoms with E-state index in [1.54, 1.807) is 0 Å². The number of ether oxygens (including phenoxy) is 1. The largest absolute Gasteiger partial charge is 0.379 e. The number of nitrogens with zero attached hydrogens (tertiary/aromatic N) is 2. The Morgan fingerprint density at radius 2 is 2.06 bits per heavy atom. The monoisotopic (exact) mass is 246 g/mol. The van der Waals surface area contributed by atoms with Crippen molar-refractivity contribution in [3.8, 4) is 0 Å². The van der Waals surface area contributed by atoms with Crippen molar-refractivity contribution in [2.24, 2.45) is 0 Å². The Morgan fingerprint density at radius 1 is 1.31 bits per heavy atom. The van der Waals surface area contributed by atoms with Crippen LogP contribution in [0.2, 0.25) is 0 Å². The average molecular weight is 247 g/mol. The molecule has 0 aromatic carbocycles. The molecule has 4 nitrogen and oxygen atoms in total. The van der Waals surface area contributed by atoms with Crippen molar-refractivity contribution >= 4 is 17.5 Å². The molecule has 0 N–H and O–H groups in total. The zero-order valence-electron chi connectivity index (χ0n) is 9.53. The van der Waals surface area contributed by atoms with Crippen molar-refractivity contribution in [2.45, 2.75) is 18.9 Å². The van der Waals surface area contributed by atoms with Crippen LogP contribution < -0.4 is 0 Å². The number of carbonyl (C=O) groups is 1. The van der Waals surface area contributed by atoms with E-state index in [1.165, 1.54) is 0 Å². The maximum atomic E-state index is 11.6. The molecule has 0 bridgehead atoms. The molecule has 5 heteroatoms. The smallest absolute Gasteiger partial charge is 0.237 e. The summed E-state index contributed by atoms with van der Waals surface area (Å²) in [6, 6.07) is 0.365. The molecule has 16 heavy (non-hydrogen) atoms. The van der Waals surface area contributed by atoms with Crippen LogP contribution in [0.1, 0.15) is 12.8 Å². The maximum Gasteiger partial charge on any atom is 0.237 e. The molecular formula is C11H19ClN2O2. The van der Waals surface area contributed by atoms with Crippen molar-refractivity contribution in [2.75, 3.05) is 45.3 Å². The third kappa shape index (κ3) is 2.87. The van der Waals surface area contributed by atoms with Crippen LogP contribution in [-0.4, -0.2) is 67.0 Å². The molecule has 2 saturated heterocycles. The van der Waals surface area contributed by atoms with Gasteiger partial charge >= 0.3 is 0 Å². The fraction of sp³-hybridized carbons (Fsp3) is 0.909. The summed E-state index contributed by atoms with van der Waals surface area (Å²) < 4.78 is 5.32. The molecule has 0 radical (unpaired) electrons. The second-order valence-corrected chi connectivity index (χ2v) is 4.70. The van der Waals surface area contributed by atoms with Gasteiger partial charge in [0.1, 0.15) is 5.88 Å². The van der Waals surface area contributed by atoms with Crippen LogP contribution in [0.25, 0.3) is 0 Å². The second-order valence-electron chi connectivity index (χ2n) is 4.43. The molecule has 2 aliphatic rings. The SMILES string of the molecule is O=C(CCl)N1CCC[C@H]1CN1CCOCC1. The van der Waals surface area contributed by atoms with E-state index in [9.17, 15) is 4.79 Å². The molecule has 2 aliphatic heterocycles. The Labute approximate surface area is 101 Å². The quantitative estimate of drug-likeness (QED) is 0.682. The first kappa shape index (κ1) is 12.1. The van der Waals surface area contributed by atoms with E-state index < -0.39 is 0 Å². The van der Waals surface area contributed by atoms with E-state index in [2.05, 4.69) is 4.90 Å². The highest BCUT2D eigenvalue weighted by Crippen LogP contribution is 2.19. The van der Waals surface area contributed by atoms with Gasteiger partial charge in [-0.15, -0.1) is 11.6 Å². The van der Waals surface area contributed by atoms with Crippen molar-refractivity contribution in [3.63, 3.8) is 0 Å². The number of halogens is 1. The van der Waals surface area contributed by atoms with Gasteiger partial charge in [-0.3, -0.25) is 9.69 Å². The van der Waals surface area contributed by atoms with E-state index in [0.29, 0.717) is 6.04 Å². The van der Waals surface area contributed by atoms with Crippen LogP contribution in [0.5, 0.6) is 0 Å². The number of rotatable bonds is 3.